The number of esters is 1. The summed E-state index contributed by atoms with van der Waals surface area (Å²) in [5.41, 5.74) is -0.209. The summed E-state index contributed by atoms with van der Waals surface area (Å²) in [5.74, 6) is -1.65. The Balaban J connectivity index is 2.43. The molecule has 1 aromatic heterocycles. The Hall–Kier alpha value is -2.06. The summed E-state index contributed by atoms with van der Waals surface area (Å²) >= 11 is 8.99. The van der Waals surface area contributed by atoms with Gasteiger partial charge in [-0.3, -0.25) is 9.59 Å². The Bertz CT molecular complexity index is 857. The molecule has 0 radical (unpaired) electrons. The molecule has 2 aromatic rings. The molecule has 6 nitrogen and oxygen atoms in total. The van der Waals surface area contributed by atoms with E-state index in [1.807, 2.05) is 0 Å². The third-order valence-electron chi connectivity index (χ3n) is 3.13. The van der Waals surface area contributed by atoms with Crippen LogP contribution < -0.4 is 15.6 Å². The molecular formula is C16H15BrClFN2O4. The van der Waals surface area contributed by atoms with Gasteiger partial charge in [-0.15, -0.1) is 0 Å². The van der Waals surface area contributed by atoms with E-state index in [9.17, 15) is 14.0 Å². The largest absolute Gasteiger partial charge is 0.466 e. The van der Waals surface area contributed by atoms with Crippen LogP contribution >= 0.6 is 27.5 Å². The summed E-state index contributed by atoms with van der Waals surface area (Å²) in [7, 11) is 1.69. The van der Waals surface area contributed by atoms with Gasteiger partial charge >= 0.3 is 5.97 Å². The third kappa shape index (κ3) is 4.73. The molecule has 1 aromatic carbocycles. The van der Waals surface area contributed by atoms with Crippen molar-refractivity contribution in [3.05, 3.63) is 49.6 Å². The molecule has 0 aliphatic rings. The van der Waals surface area contributed by atoms with Crippen molar-refractivity contribution in [1.29, 1.82) is 0 Å². The number of carbonyl (C=O) groups excluding carboxylic acids is 1. The topological polar surface area (TPSA) is 80.4 Å². The lowest BCUT2D eigenvalue weighted by Gasteiger charge is -2.13. The molecule has 25 heavy (non-hydrogen) atoms. The lowest BCUT2D eigenvalue weighted by molar-refractivity contribution is -0.142. The Morgan fingerprint density at radius 1 is 1.40 bits per heavy atom. The first-order valence-corrected chi connectivity index (χ1v) is 8.44. The van der Waals surface area contributed by atoms with Crippen molar-refractivity contribution in [2.75, 3.05) is 19.0 Å². The normalized spacial score (nSPS) is 10.4. The number of halogens is 3. The van der Waals surface area contributed by atoms with Crippen LogP contribution in [0.3, 0.4) is 0 Å². The number of pyridine rings is 1. The Morgan fingerprint density at radius 3 is 2.76 bits per heavy atom. The number of hydrogen-bond donors (Lipinski definition) is 2. The van der Waals surface area contributed by atoms with Gasteiger partial charge in [0.1, 0.15) is 10.2 Å². The van der Waals surface area contributed by atoms with Gasteiger partial charge in [-0.05, 0) is 35.0 Å². The number of ether oxygens (including phenoxy) is 2. The molecule has 0 spiro atoms. The van der Waals surface area contributed by atoms with Crippen molar-refractivity contribution >= 4 is 39.2 Å². The van der Waals surface area contributed by atoms with Gasteiger partial charge in [0.15, 0.2) is 11.6 Å². The van der Waals surface area contributed by atoms with Crippen LogP contribution in [0.4, 0.5) is 10.1 Å². The highest BCUT2D eigenvalue weighted by molar-refractivity contribution is 9.10. The first-order chi connectivity index (χ1) is 11.8. The quantitative estimate of drug-likeness (QED) is 0.676. The maximum atomic E-state index is 14.7. The van der Waals surface area contributed by atoms with E-state index < -0.39 is 23.8 Å². The SMILES string of the molecule is CCOC(=O)Cc1[nH]c(=O)c(Br)c(Oc2cc(Cl)cc(NC)c2)c1F. The van der Waals surface area contributed by atoms with Crippen LogP contribution in [0.5, 0.6) is 11.5 Å². The number of benzene rings is 1. The van der Waals surface area contributed by atoms with Crippen LogP contribution in [0.1, 0.15) is 12.6 Å². The maximum absolute atomic E-state index is 14.7. The fraction of sp³-hybridized carbons (Fsp3) is 0.250. The summed E-state index contributed by atoms with van der Waals surface area (Å²) < 4.78 is 24.8. The predicted molar refractivity (Wildman–Crippen MR) is 96.1 cm³/mol. The van der Waals surface area contributed by atoms with Gasteiger partial charge in [0, 0.05) is 23.8 Å². The Morgan fingerprint density at radius 2 is 2.12 bits per heavy atom. The number of hydrogen-bond acceptors (Lipinski definition) is 5. The lowest BCUT2D eigenvalue weighted by Crippen LogP contribution is -2.18. The number of H-pyrrole nitrogens is 1. The fourth-order valence-corrected chi connectivity index (χ4v) is 2.61. The van der Waals surface area contributed by atoms with Crippen molar-refractivity contribution in [1.82, 2.24) is 4.98 Å². The van der Waals surface area contributed by atoms with Gasteiger partial charge in [0.2, 0.25) is 0 Å². The molecule has 0 saturated carbocycles. The summed E-state index contributed by atoms with van der Waals surface area (Å²) in [6.07, 6.45) is -0.421. The Labute approximate surface area is 156 Å². The van der Waals surface area contributed by atoms with Crippen molar-refractivity contribution in [3.8, 4) is 11.5 Å². The first kappa shape index (κ1) is 19.3. The zero-order chi connectivity index (χ0) is 18.6. The van der Waals surface area contributed by atoms with E-state index in [0.717, 1.165) is 0 Å². The summed E-state index contributed by atoms with van der Waals surface area (Å²) in [5, 5.41) is 3.26. The van der Waals surface area contributed by atoms with E-state index in [0.29, 0.717) is 10.7 Å². The molecule has 0 unspecified atom stereocenters. The number of nitrogens with one attached hydrogen (secondary N) is 2. The molecule has 9 heteroatoms. The molecule has 0 amide bonds. The van der Waals surface area contributed by atoms with Crippen LogP contribution in [-0.2, 0) is 16.0 Å². The highest BCUT2D eigenvalue weighted by Gasteiger charge is 2.21. The minimum absolute atomic E-state index is 0.136. The molecule has 0 fully saturated rings. The molecule has 0 atom stereocenters. The molecular weight excluding hydrogens is 419 g/mol. The molecule has 0 aliphatic carbocycles. The van der Waals surface area contributed by atoms with E-state index in [1.165, 1.54) is 6.07 Å². The first-order valence-electron chi connectivity index (χ1n) is 7.27. The van der Waals surface area contributed by atoms with Gasteiger partial charge in [0.25, 0.3) is 5.56 Å². The number of aromatic nitrogens is 1. The predicted octanol–water partition coefficient (Wildman–Crippen LogP) is 3.87. The van der Waals surface area contributed by atoms with Gasteiger partial charge < -0.3 is 19.8 Å². The minimum Gasteiger partial charge on any atom is -0.466 e. The van der Waals surface area contributed by atoms with Crippen LogP contribution in [0, 0.1) is 5.82 Å². The van der Waals surface area contributed by atoms with Crippen LogP contribution in [0.15, 0.2) is 27.5 Å². The number of anilines is 1. The van der Waals surface area contributed by atoms with E-state index in [1.54, 1.807) is 26.1 Å². The van der Waals surface area contributed by atoms with Crippen LogP contribution in [0.2, 0.25) is 5.02 Å². The molecule has 2 rings (SSSR count). The van der Waals surface area contributed by atoms with Crippen LogP contribution in [0.25, 0.3) is 0 Å². The molecule has 134 valence electrons. The van der Waals surface area contributed by atoms with E-state index >= 15 is 0 Å². The molecule has 0 bridgehead atoms. The summed E-state index contributed by atoms with van der Waals surface area (Å²) in [6.45, 7) is 1.78. The number of carbonyl (C=O) groups is 1. The smallest absolute Gasteiger partial charge is 0.311 e. The van der Waals surface area contributed by atoms with Crippen molar-refractivity contribution in [3.63, 3.8) is 0 Å². The highest BCUT2D eigenvalue weighted by Crippen LogP contribution is 2.33. The third-order valence-corrected chi connectivity index (χ3v) is 4.07. The summed E-state index contributed by atoms with van der Waals surface area (Å²) in [4.78, 5) is 25.9. The second kappa shape index (κ2) is 8.35. The summed E-state index contributed by atoms with van der Waals surface area (Å²) in [6, 6.07) is 4.72. The van der Waals surface area contributed by atoms with E-state index in [4.69, 9.17) is 21.1 Å². The van der Waals surface area contributed by atoms with Crippen molar-refractivity contribution in [2.45, 2.75) is 13.3 Å². The molecule has 1 heterocycles. The monoisotopic (exact) mass is 432 g/mol. The second-order valence-corrected chi connectivity index (χ2v) is 6.13. The second-order valence-electron chi connectivity index (χ2n) is 4.90. The van der Waals surface area contributed by atoms with Gasteiger partial charge in [0.05, 0.1) is 18.7 Å². The van der Waals surface area contributed by atoms with Crippen LogP contribution in [-0.4, -0.2) is 24.6 Å². The lowest BCUT2D eigenvalue weighted by atomic mass is 10.2. The Kier molecular flexibility index (Phi) is 6.44. The zero-order valence-corrected chi connectivity index (χ0v) is 15.8. The molecule has 0 saturated heterocycles. The average molecular weight is 434 g/mol. The number of aromatic amines is 1. The van der Waals surface area contributed by atoms with Gasteiger partial charge in [-0.1, -0.05) is 11.6 Å². The maximum Gasteiger partial charge on any atom is 0.311 e. The zero-order valence-electron chi connectivity index (χ0n) is 13.4. The fourth-order valence-electron chi connectivity index (χ4n) is 2.03. The average Bonchev–Trinajstić information content (AvgIpc) is 2.56. The highest BCUT2D eigenvalue weighted by atomic mass is 79.9. The van der Waals surface area contributed by atoms with Gasteiger partial charge in [-0.25, -0.2) is 4.39 Å². The van der Waals surface area contributed by atoms with E-state index in [2.05, 4.69) is 26.2 Å². The minimum atomic E-state index is -0.870. The molecule has 2 N–H and O–H groups in total. The van der Waals surface area contributed by atoms with Crippen molar-refractivity contribution in [2.24, 2.45) is 0 Å². The van der Waals surface area contributed by atoms with Crippen molar-refractivity contribution < 1.29 is 18.7 Å². The number of rotatable bonds is 6. The van der Waals surface area contributed by atoms with E-state index in [-0.39, 0.29) is 28.3 Å². The van der Waals surface area contributed by atoms with Gasteiger partial charge in [-0.2, -0.15) is 0 Å². The molecule has 0 aliphatic heterocycles. The standard InChI is InChI=1S/C16H15BrClFN2O4/c1-3-24-12(22)7-11-14(19)15(13(17)16(23)21-11)25-10-5-8(18)4-9(6-10)20-2/h4-6,20H,3,7H2,1-2H3,(H,21,23).